The standard InChI is InChI=1S/C18H17ClF3N5OS/c1-27-16(24-9-25-27)13-7-14(29-15(13)19)17(28)26-12(8-23)6-10-3-2-4-11(5-10)18(20,21)22/h2-5,7,9,12H,6,8,23H2,1H3,(H,26,28)/t12-/m0/s1. The van der Waals surface area contributed by atoms with Crippen LogP contribution in [0.15, 0.2) is 36.7 Å². The molecule has 154 valence electrons. The van der Waals surface area contributed by atoms with Gasteiger partial charge in [0.15, 0.2) is 5.82 Å². The van der Waals surface area contributed by atoms with Crippen LogP contribution in [0.5, 0.6) is 0 Å². The van der Waals surface area contributed by atoms with Crippen molar-refractivity contribution in [3.05, 3.63) is 57.0 Å². The molecule has 2 heterocycles. The molecule has 0 saturated carbocycles. The number of carbonyl (C=O) groups is 1. The number of alkyl halides is 3. The van der Waals surface area contributed by atoms with E-state index in [0.29, 0.717) is 26.2 Å². The highest BCUT2D eigenvalue weighted by molar-refractivity contribution is 7.18. The zero-order valence-corrected chi connectivity index (χ0v) is 16.8. The normalized spacial score (nSPS) is 12.8. The van der Waals surface area contributed by atoms with Crippen LogP contribution in [0.3, 0.4) is 0 Å². The average molecular weight is 444 g/mol. The number of aromatic nitrogens is 3. The fourth-order valence-electron chi connectivity index (χ4n) is 2.78. The summed E-state index contributed by atoms with van der Waals surface area (Å²) in [7, 11) is 1.70. The minimum atomic E-state index is -4.43. The highest BCUT2D eigenvalue weighted by atomic mass is 35.5. The molecule has 0 radical (unpaired) electrons. The van der Waals surface area contributed by atoms with Gasteiger partial charge in [0.05, 0.1) is 10.4 Å². The van der Waals surface area contributed by atoms with Crippen molar-refractivity contribution in [3.8, 4) is 11.4 Å². The zero-order chi connectivity index (χ0) is 21.2. The molecule has 1 amide bonds. The quantitative estimate of drug-likeness (QED) is 0.610. The minimum absolute atomic E-state index is 0.0667. The number of aryl methyl sites for hydroxylation is 1. The Morgan fingerprint density at radius 3 is 2.76 bits per heavy atom. The van der Waals surface area contributed by atoms with Crippen molar-refractivity contribution < 1.29 is 18.0 Å². The number of nitrogens with one attached hydrogen (secondary N) is 1. The van der Waals surface area contributed by atoms with E-state index in [1.807, 2.05) is 0 Å². The zero-order valence-electron chi connectivity index (χ0n) is 15.2. The first-order valence-electron chi connectivity index (χ1n) is 8.49. The number of carbonyl (C=O) groups excluding carboxylic acids is 1. The van der Waals surface area contributed by atoms with Crippen molar-refractivity contribution in [2.75, 3.05) is 6.54 Å². The van der Waals surface area contributed by atoms with Crippen LogP contribution in [0.25, 0.3) is 11.4 Å². The van der Waals surface area contributed by atoms with Gasteiger partial charge in [-0.05, 0) is 24.1 Å². The highest BCUT2D eigenvalue weighted by Gasteiger charge is 2.30. The van der Waals surface area contributed by atoms with Gasteiger partial charge in [-0.3, -0.25) is 4.79 Å². The second kappa shape index (κ2) is 8.52. The molecule has 3 rings (SSSR count). The van der Waals surface area contributed by atoms with Gasteiger partial charge >= 0.3 is 6.18 Å². The summed E-state index contributed by atoms with van der Waals surface area (Å²) in [6, 6.07) is 6.02. The predicted molar refractivity (Wildman–Crippen MR) is 105 cm³/mol. The van der Waals surface area contributed by atoms with Gasteiger partial charge in [-0.25, -0.2) is 9.67 Å². The highest BCUT2D eigenvalue weighted by Crippen LogP contribution is 2.34. The van der Waals surface area contributed by atoms with Crippen molar-refractivity contribution in [2.45, 2.75) is 18.6 Å². The third-order valence-electron chi connectivity index (χ3n) is 4.22. The van der Waals surface area contributed by atoms with E-state index in [2.05, 4.69) is 15.4 Å². The van der Waals surface area contributed by atoms with Gasteiger partial charge in [-0.15, -0.1) is 11.3 Å². The minimum Gasteiger partial charge on any atom is -0.347 e. The lowest BCUT2D eigenvalue weighted by Crippen LogP contribution is -2.41. The van der Waals surface area contributed by atoms with E-state index in [-0.39, 0.29) is 13.0 Å². The topological polar surface area (TPSA) is 85.8 Å². The Morgan fingerprint density at radius 2 is 2.14 bits per heavy atom. The van der Waals surface area contributed by atoms with Crippen LogP contribution in [0.2, 0.25) is 4.34 Å². The number of hydrogen-bond acceptors (Lipinski definition) is 5. The van der Waals surface area contributed by atoms with E-state index in [1.165, 1.54) is 17.1 Å². The number of nitrogens with two attached hydrogens (primary N) is 1. The summed E-state index contributed by atoms with van der Waals surface area (Å²) >= 11 is 7.32. The van der Waals surface area contributed by atoms with E-state index in [0.717, 1.165) is 23.5 Å². The number of benzene rings is 1. The molecule has 0 bridgehead atoms. The van der Waals surface area contributed by atoms with Gasteiger partial charge < -0.3 is 11.1 Å². The Labute approximate surface area is 173 Å². The van der Waals surface area contributed by atoms with Crippen LogP contribution >= 0.6 is 22.9 Å². The fraction of sp³-hybridized carbons (Fsp3) is 0.278. The molecule has 0 saturated heterocycles. The Morgan fingerprint density at radius 1 is 1.38 bits per heavy atom. The van der Waals surface area contributed by atoms with Crippen molar-refractivity contribution in [2.24, 2.45) is 12.8 Å². The molecule has 29 heavy (non-hydrogen) atoms. The Balaban J connectivity index is 1.73. The monoisotopic (exact) mass is 443 g/mol. The molecule has 0 spiro atoms. The number of thiophene rings is 1. The summed E-state index contributed by atoms with van der Waals surface area (Å²) in [5.74, 6) is 0.109. The molecule has 0 aliphatic rings. The maximum atomic E-state index is 12.9. The van der Waals surface area contributed by atoms with E-state index in [1.54, 1.807) is 19.2 Å². The first kappa shape index (κ1) is 21.3. The van der Waals surface area contributed by atoms with Gasteiger partial charge in [-0.1, -0.05) is 29.8 Å². The summed E-state index contributed by atoms with van der Waals surface area (Å²) in [4.78, 5) is 17.1. The first-order valence-corrected chi connectivity index (χ1v) is 9.69. The predicted octanol–water partition coefficient (Wildman–Crippen LogP) is 3.52. The second-order valence-electron chi connectivity index (χ2n) is 6.31. The summed E-state index contributed by atoms with van der Waals surface area (Å²) in [5, 5.41) is 6.73. The Hall–Kier alpha value is -2.43. The van der Waals surface area contributed by atoms with E-state index in [4.69, 9.17) is 17.3 Å². The molecule has 0 aliphatic carbocycles. The third kappa shape index (κ3) is 4.95. The van der Waals surface area contributed by atoms with Gasteiger partial charge in [0.2, 0.25) is 0 Å². The first-order chi connectivity index (χ1) is 13.7. The summed E-state index contributed by atoms with van der Waals surface area (Å²) in [5.41, 5.74) is 5.98. The van der Waals surface area contributed by atoms with Gasteiger partial charge in [0.25, 0.3) is 5.91 Å². The molecule has 0 unspecified atom stereocenters. The summed E-state index contributed by atoms with van der Waals surface area (Å²) in [6.45, 7) is 0.0667. The molecule has 11 heteroatoms. The van der Waals surface area contributed by atoms with Gasteiger partial charge in [0.1, 0.15) is 10.7 Å². The number of halogens is 4. The SMILES string of the molecule is Cn1ncnc1-c1cc(C(=O)N[C@H](CN)Cc2cccc(C(F)(F)F)c2)sc1Cl. The molecule has 3 N–H and O–H groups in total. The maximum Gasteiger partial charge on any atom is 0.416 e. The lowest BCUT2D eigenvalue weighted by molar-refractivity contribution is -0.137. The molecular formula is C18H17ClF3N5OS. The van der Waals surface area contributed by atoms with Crippen molar-refractivity contribution in [1.29, 1.82) is 0 Å². The maximum absolute atomic E-state index is 12.9. The number of rotatable bonds is 6. The average Bonchev–Trinajstić information content (AvgIpc) is 3.25. The third-order valence-corrected chi connectivity index (χ3v) is 5.58. The van der Waals surface area contributed by atoms with Crippen LogP contribution in [0.4, 0.5) is 13.2 Å². The van der Waals surface area contributed by atoms with Crippen molar-refractivity contribution in [1.82, 2.24) is 20.1 Å². The second-order valence-corrected chi connectivity index (χ2v) is 7.97. The van der Waals surface area contributed by atoms with E-state index >= 15 is 0 Å². The van der Waals surface area contributed by atoms with Crippen LogP contribution in [0, 0.1) is 0 Å². The fourth-order valence-corrected chi connectivity index (χ4v) is 3.95. The number of hydrogen-bond donors (Lipinski definition) is 2. The largest absolute Gasteiger partial charge is 0.416 e. The molecule has 6 nitrogen and oxygen atoms in total. The molecule has 1 atom stereocenters. The van der Waals surface area contributed by atoms with E-state index in [9.17, 15) is 18.0 Å². The van der Waals surface area contributed by atoms with Crippen LogP contribution in [-0.4, -0.2) is 33.3 Å². The molecule has 3 aromatic rings. The molecule has 1 aromatic carbocycles. The number of amides is 1. The lowest BCUT2D eigenvalue weighted by atomic mass is 10.0. The smallest absolute Gasteiger partial charge is 0.347 e. The summed E-state index contributed by atoms with van der Waals surface area (Å²) < 4.78 is 40.6. The van der Waals surface area contributed by atoms with Crippen LogP contribution in [-0.2, 0) is 19.6 Å². The van der Waals surface area contributed by atoms with Gasteiger partial charge in [0, 0.05) is 25.2 Å². The van der Waals surface area contributed by atoms with Crippen LogP contribution in [0.1, 0.15) is 20.8 Å². The number of nitrogens with zero attached hydrogens (tertiary/aromatic N) is 3. The molecule has 0 fully saturated rings. The van der Waals surface area contributed by atoms with Crippen molar-refractivity contribution >= 4 is 28.8 Å². The van der Waals surface area contributed by atoms with Gasteiger partial charge in [-0.2, -0.15) is 18.3 Å². The molecular weight excluding hydrogens is 427 g/mol. The van der Waals surface area contributed by atoms with E-state index < -0.39 is 23.7 Å². The molecule has 0 aliphatic heterocycles. The summed E-state index contributed by atoms with van der Waals surface area (Å²) in [6.07, 6.45) is -2.88. The van der Waals surface area contributed by atoms with Crippen molar-refractivity contribution in [3.63, 3.8) is 0 Å². The molecule has 2 aromatic heterocycles. The Kier molecular flexibility index (Phi) is 6.25. The van der Waals surface area contributed by atoms with Crippen LogP contribution < -0.4 is 11.1 Å². The lowest BCUT2D eigenvalue weighted by Gasteiger charge is -2.17. The Bertz CT molecular complexity index is 1020.